The lowest BCUT2D eigenvalue weighted by Crippen LogP contribution is -2.38. The normalized spacial score (nSPS) is 20.8. The summed E-state index contributed by atoms with van der Waals surface area (Å²) >= 11 is 0. The lowest BCUT2D eigenvalue weighted by Gasteiger charge is -2.18. The molecule has 4 heteroatoms. The van der Waals surface area contributed by atoms with Crippen LogP contribution in [0.3, 0.4) is 0 Å². The van der Waals surface area contributed by atoms with Crippen LogP contribution in [0.5, 0.6) is 0 Å². The Labute approximate surface area is 71.0 Å². The Hall–Kier alpha value is -0.640. The van der Waals surface area contributed by atoms with Gasteiger partial charge in [0.05, 0.1) is 6.54 Å². The van der Waals surface area contributed by atoms with Crippen LogP contribution in [0, 0.1) is 0 Å². The number of hydrogen-bond acceptors (Lipinski definition) is 2. The largest absolute Gasteiger partial charge is 0.387 e. The van der Waals surface area contributed by atoms with E-state index >= 15 is 0 Å². The summed E-state index contributed by atoms with van der Waals surface area (Å²) in [6, 6.07) is 0. The van der Waals surface area contributed by atoms with E-state index in [0.29, 0.717) is 12.8 Å². The van der Waals surface area contributed by atoms with Crippen LogP contribution in [0.15, 0.2) is 0 Å². The van der Waals surface area contributed by atoms with Crippen LogP contribution >= 0.6 is 0 Å². The number of carbonyl (C=O) groups is 1. The number of nitrogens with one attached hydrogen (secondary N) is 1. The maximum absolute atomic E-state index is 13.5. The number of carbonyl (C=O) groups excluding carboxylic acids is 1. The van der Waals surface area contributed by atoms with E-state index in [2.05, 4.69) is 5.32 Å². The Balaban J connectivity index is 2.25. The summed E-state index contributed by atoms with van der Waals surface area (Å²) in [6.07, 6.45) is 2.84. The van der Waals surface area contributed by atoms with E-state index in [1.165, 1.54) is 0 Å². The minimum atomic E-state index is -1.22. The molecule has 70 valence electrons. The van der Waals surface area contributed by atoms with E-state index in [0.717, 1.165) is 12.8 Å². The van der Waals surface area contributed by atoms with E-state index in [4.69, 9.17) is 5.11 Å². The molecule has 1 amide bonds. The standard InChI is InChI=1S/C8H14FNO2/c9-8(3-1-2-4-8)6-10-7(12)5-11/h11H,1-6H2,(H,10,12). The smallest absolute Gasteiger partial charge is 0.245 e. The van der Waals surface area contributed by atoms with Gasteiger partial charge in [-0.15, -0.1) is 0 Å². The zero-order valence-electron chi connectivity index (χ0n) is 6.98. The van der Waals surface area contributed by atoms with Gasteiger partial charge in [-0.05, 0) is 12.8 Å². The highest BCUT2D eigenvalue weighted by atomic mass is 19.1. The SMILES string of the molecule is O=C(CO)NCC1(F)CCCC1. The topological polar surface area (TPSA) is 49.3 Å². The highest BCUT2D eigenvalue weighted by Crippen LogP contribution is 2.32. The quantitative estimate of drug-likeness (QED) is 0.651. The van der Waals surface area contributed by atoms with Gasteiger partial charge in [-0.25, -0.2) is 4.39 Å². The monoisotopic (exact) mass is 175 g/mol. The highest BCUT2D eigenvalue weighted by Gasteiger charge is 2.33. The molecule has 2 N–H and O–H groups in total. The third-order valence-corrected chi connectivity index (χ3v) is 2.25. The minimum absolute atomic E-state index is 0.0480. The van der Waals surface area contributed by atoms with Crippen LogP contribution < -0.4 is 5.32 Å². The van der Waals surface area contributed by atoms with Crippen LogP contribution in [-0.4, -0.2) is 29.8 Å². The van der Waals surface area contributed by atoms with E-state index in [1.54, 1.807) is 0 Å². The number of hydrogen-bond donors (Lipinski definition) is 2. The minimum Gasteiger partial charge on any atom is -0.387 e. The highest BCUT2D eigenvalue weighted by molar-refractivity contribution is 5.76. The molecule has 0 radical (unpaired) electrons. The Morgan fingerprint density at radius 2 is 2.08 bits per heavy atom. The molecule has 0 aromatic carbocycles. The third kappa shape index (κ3) is 2.44. The number of aliphatic hydroxyl groups is 1. The Morgan fingerprint density at radius 3 is 2.58 bits per heavy atom. The van der Waals surface area contributed by atoms with Gasteiger partial charge in [-0.3, -0.25) is 4.79 Å². The van der Waals surface area contributed by atoms with Gasteiger partial charge in [0.2, 0.25) is 5.91 Å². The van der Waals surface area contributed by atoms with Crippen LogP contribution in [-0.2, 0) is 4.79 Å². The molecule has 0 spiro atoms. The molecule has 1 saturated carbocycles. The Bertz CT molecular complexity index is 166. The molecule has 1 aliphatic carbocycles. The van der Waals surface area contributed by atoms with Crippen molar-refractivity contribution in [2.75, 3.05) is 13.2 Å². The summed E-state index contributed by atoms with van der Waals surface area (Å²) in [5, 5.41) is 10.7. The number of halogens is 1. The van der Waals surface area contributed by atoms with Crippen molar-refractivity contribution in [1.82, 2.24) is 5.32 Å². The average Bonchev–Trinajstić information content (AvgIpc) is 2.49. The first-order valence-corrected chi connectivity index (χ1v) is 4.23. The molecule has 0 atom stereocenters. The second kappa shape index (κ2) is 3.85. The molecule has 0 saturated heterocycles. The first-order chi connectivity index (χ1) is 5.66. The van der Waals surface area contributed by atoms with Gasteiger partial charge < -0.3 is 10.4 Å². The van der Waals surface area contributed by atoms with Gasteiger partial charge in [0.15, 0.2) is 0 Å². The van der Waals surface area contributed by atoms with Crippen molar-refractivity contribution >= 4 is 5.91 Å². The van der Waals surface area contributed by atoms with Crippen LogP contribution in [0.25, 0.3) is 0 Å². The summed E-state index contributed by atoms with van der Waals surface area (Å²) in [4.78, 5) is 10.6. The maximum Gasteiger partial charge on any atom is 0.245 e. The first kappa shape index (κ1) is 9.45. The van der Waals surface area contributed by atoms with Crippen molar-refractivity contribution in [2.45, 2.75) is 31.4 Å². The molecule has 1 fully saturated rings. The Kier molecular flexibility index (Phi) is 3.03. The molecule has 3 nitrogen and oxygen atoms in total. The fourth-order valence-electron chi connectivity index (χ4n) is 1.50. The molecule has 0 heterocycles. The molecule has 12 heavy (non-hydrogen) atoms. The van der Waals surface area contributed by atoms with E-state index < -0.39 is 18.2 Å². The lowest BCUT2D eigenvalue weighted by atomic mass is 10.1. The van der Waals surface area contributed by atoms with Crippen molar-refractivity contribution in [3.63, 3.8) is 0 Å². The van der Waals surface area contributed by atoms with Crippen molar-refractivity contribution in [3.8, 4) is 0 Å². The zero-order valence-corrected chi connectivity index (χ0v) is 6.98. The summed E-state index contributed by atoms with van der Waals surface area (Å²) in [6.45, 7) is -0.511. The third-order valence-electron chi connectivity index (χ3n) is 2.25. The molecular weight excluding hydrogens is 161 g/mol. The number of alkyl halides is 1. The molecule has 1 aliphatic rings. The fourth-order valence-corrected chi connectivity index (χ4v) is 1.50. The van der Waals surface area contributed by atoms with Crippen molar-refractivity contribution in [2.24, 2.45) is 0 Å². The maximum atomic E-state index is 13.5. The molecule has 0 aromatic heterocycles. The van der Waals surface area contributed by atoms with Gasteiger partial charge in [0.1, 0.15) is 12.3 Å². The van der Waals surface area contributed by atoms with E-state index in [-0.39, 0.29) is 6.54 Å². The van der Waals surface area contributed by atoms with E-state index in [1.807, 2.05) is 0 Å². The van der Waals surface area contributed by atoms with Crippen LogP contribution in [0.1, 0.15) is 25.7 Å². The van der Waals surface area contributed by atoms with Crippen molar-refractivity contribution in [1.29, 1.82) is 0 Å². The lowest BCUT2D eigenvalue weighted by molar-refractivity contribution is -0.124. The second-order valence-electron chi connectivity index (χ2n) is 3.29. The predicted molar refractivity (Wildman–Crippen MR) is 42.4 cm³/mol. The summed E-state index contributed by atoms with van der Waals surface area (Å²) in [5.74, 6) is -0.501. The van der Waals surface area contributed by atoms with Gasteiger partial charge in [-0.2, -0.15) is 0 Å². The second-order valence-corrected chi connectivity index (χ2v) is 3.29. The summed E-state index contributed by atoms with van der Waals surface area (Å²) in [5.41, 5.74) is -1.22. The number of aliphatic hydroxyl groups excluding tert-OH is 1. The number of rotatable bonds is 3. The van der Waals surface area contributed by atoms with Crippen molar-refractivity contribution < 1.29 is 14.3 Å². The summed E-state index contributed by atoms with van der Waals surface area (Å²) in [7, 11) is 0. The van der Waals surface area contributed by atoms with Gasteiger partial charge >= 0.3 is 0 Å². The van der Waals surface area contributed by atoms with Crippen molar-refractivity contribution in [3.05, 3.63) is 0 Å². The molecule has 1 rings (SSSR count). The summed E-state index contributed by atoms with van der Waals surface area (Å²) < 4.78 is 13.5. The van der Waals surface area contributed by atoms with Gasteiger partial charge in [0, 0.05) is 0 Å². The molecule has 0 unspecified atom stereocenters. The first-order valence-electron chi connectivity index (χ1n) is 4.23. The molecular formula is C8H14FNO2. The van der Waals surface area contributed by atoms with E-state index in [9.17, 15) is 9.18 Å². The van der Waals surface area contributed by atoms with Crippen LogP contribution in [0.4, 0.5) is 4.39 Å². The van der Waals surface area contributed by atoms with Gasteiger partial charge in [0.25, 0.3) is 0 Å². The van der Waals surface area contributed by atoms with Crippen LogP contribution in [0.2, 0.25) is 0 Å². The molecule has 0 aromatic rings. The average molecular weight is 175 g/mol. The fraction of sp³-hybridized carbons (Fsp3) is 0.875. The zero-order chi connectivity index (χ0) is 9.03. The van der Waals surface area contributed by atoms with Gasteiger partial charge in [-0.1, -0.05) is 12.8 Å². The predicted octanol–water partition coefficient (Wildman–Crippen LogP) is 0.377. The molecule has 0 aliphatic heterocycles. The Morgan fingerprint density at radius 1 is 1.50 bits per heavy atom. The number of amides is 1. The molecule has 0 bridgehead atoms.